The highest BCUT2D eigenvalue weighted by Gasteiger charge is 2.19. The molecule has 0 aromatic carbocycles. The van der Waals surface area contributed by atoms with Gasteiger partial charge in [0.1, 0.15) is 0 Å². The van der Waals surface area contributed by atoms with Crippen LogP contribution in [0.25, 0.3) is 0 Å². The zero-order chi connectivity index (χ0) is 17.2. The lowest BCUT2D eigenvalue weighted by atomic mass is 9.94. The van der Waals surface area contributed by atoms with E-state index < -0.39 is 0 Å². The summed E-state index contributed by atoms with van der Waals surface area (Å²) in [5.74, 6) is -0.144. The molecule has 2 N–H and O–H groups in total. The van der Waals surface area contributed by atoms with Crippen LogP contribution in [0.15, 0.2) is 0 Å². The molecule has 0 aliphatic heterocycles. The molecule has 1 unspecified atom stereocenters. The van der Waals surface area contributed by atoms with Crippen molar-refractivity contribution in [3.05, 3.63) is 0 Å². The van der Waals surface area contributed by atoms with E-state index in [1.54, 1.807) is 0 Å². The largest absolute Gasteiger partial charge is 0.395 e. The number of hydrogen-bond donors (Lipinski definition) is 2. The quantitative estimate of drug-likeness (QED) is 0.298. The van der Waals surface area contributed by atoms with E-state index in [1.165, 1.54) is 57.8 Å². The molecule has 0 aliphatic carbocycles. The fraction of sp³-hybridized carbons (Fsp3) is 0.947. The third-order valence-corrected chi connectivity index (χ3v) is 4.28. The first kappa shape index (κ1) is 22.4. The van der Waals surface area contributed by atoms with Crippen LogP contribution in [-0.2, 0) is 9.63 Å². The normalized spacial score (nSPS) is 12.3. The molecule has 0 fully saturated rings. The smallest absolute Gasteiger partial charge is 0.327 e. The first-order valence-electron chi connectivity index (χ1n) is 9.80. The van der Waals surface area contributed by atoms with Crippen LogP contribution in [0.5, 0.6) is 0 Å². The lowest BCUT2D eigenvalue weighted by Crippen LogP contribution is -2.28. The zero-order valence-corrected chi connectivity index (χ0v) is 15.4. The second kappa shape index (κ2) is 17.7. The Morgan fingerprint density at radius 2 is 1.35 bits per heavy atom. The van der Waals surface area contributed by atoms with Gasteiger partial charge in [-0.1, -0.05) is 84.5 Å². The van der Waals surface area contributed by atoms with Gasteiger partial charge in [-0.05, 0) is 12.8 Å². The lowest BCUT2D eigenvalue weighted by Gasteiger charge is -2.15. The summed E-state index contributed by atoms with van der Waals surface area (Å²) >= 11 is 0. The minimum atomic E-state index is -0.152. The molecule has 0 aliphatic rings. The van der Waals surface area contributed by atoms with Crippen LogP contribution in [0.1, 0.15) is 97.3 Å². The fourth-order valence-corrected chi connectivity index (χ4v) is 2.80. The Hall–Kier alpha value is -0.610. The van der Waals surface area contributed by atoms with E-state index in [2.05, 4.69) is 19.3 Å². The Bertz CT molecular complexity index is 259. The SMILES string of the molecule is CCCCCCCCCC(CCCCCC)C(=O)ONCCO. The van der Waals surface area contributed by atoms with E-state index in [0.29, 0.717) is 6.54 Å². The Kier molecular flexibility index (Phi) is 17.3. The molecule has 0 heterocycles. The molecule has 4 heteroatoms. The first-order chi connectivity index (χ1) is 11.3. The number of hydrogen-bond acceptors (Lipinski definition) is 4. The van der Waals surface area contributed by atoms with Gasteiger partial charge in [0, 0.05) is 0 Å². The van der Waals surface area contributed by atoms with Crippen LogP contribution in [0.3, 0.4) is 0 Å². The third kappa shape index (κ3) is 14.7. The average molecular weight is 330 g/mol. The van der Waals surface area contributed by atoms with Crippen LogP contribution in [0.2, 0.25) is 0 Å². The standard InChI is InChI=1S/C19H39NO3/c1-3-5-7-9-10-11-13-15-18(14-12-8-6-4-2)19(22)23-20-16-17-21/h18,20-21H,3-17H2,1-2H3. The summed E-state index contributed by atoms with van der Waals surface area (Å²) in [6.07, 6.45) is 15.5. The molecule has 0 spiro atoms. The van der Waals surface area contributed by atoms with Gasteiger partial charge in [0.05, 0.1) is 19.1 Å². The van der Waals surface area contributed by atoms with E-state index in [0.717, 1.165) is 25.7 Å². The van der Waals surface area contributed by atoms with Gasteiger partial charge < -0.3 is 9.94 Å². The Balaban J connectivity index is 3.92. The molecule has 0 radical (unpaired) electrons. The number of carbonyl (C=O) groups is 1. The monoisotopic (exact) mass is 329 g/mol. The van der Waals surface area contributed by atoms with Crippen LogP contribution in [0.4, 0.5) is 0 Å². The van der Waals surface area contributed by atoms with Gasteiger partial charge in [0.2, 0.25) is 0 Å². The number of unbranched alkanes of at least 4 members (excludes halogenated alkanes) is 9. The molecular weight excluding hydrogens is 290 g/mol. The van der Waals surface area contributed by atoms with Crippen molar-refractivity contribution < 1.29 is 14.7 Å². The highest BCUT2D eigenvalue weighted by molar-refractivity contribution is 5.72. The number of carbonyl (C=O) groups excluding carboxylic acids is 1. The molecule has 0 saturated heterocycles. The second-order valence-corrected chi connectivity index (χ2v) is 6.50. The summed E-state index contributed by atoms with van der Waals surface area (Å²) in [4.78, 5) is 17.2. The van der Waals surface area contributed by atoms with E-state index in [-0.39, 0.29) is 18.5 Å². The van der Waals surface area contributed by atoms with Crippen LogP contribution in [-0.4, -0.2) is 24.2 Å². The molecule has 0 saturated carbocycles. The maximum Gasteiger partial charge on any atom is 0.327 e. The average Bonchev–Trinajstić information content (AvgIpc) is 2.56. The molecule has 4 nitrogen and oxygen atoms in total. The van der Waals surface area contributed by atoms with Crippen LogP contribution < -0.4 is 5.48 Å². The summed E-state index contributed by atoms with van der Waals surface area (Å²) in [5, 5.41) is 8.73. The van der Waals surface area contributed by atoms with Crippen LogP contribution >= 0.6 is 0 Å². The van der Waals surface area contributed by atoms with Crippen molar-refractivity contribution in [2.45, 2.75) is 97.3 Å². The maximum atomic E-state index is 12.1. The predicted octanol–water partition coefficient (Wildman–Crippen LogP) is 4.75. The van der Waals surface area contributed by atoms with Gasteiger partial charge in [-0.15, -0.1) is 0 Å². The molecule has 0 aromatic rings. The van der Waals surface area contributed by atoms with E-state index in [9.17, 15) is 4.79 Å². The van der Waals surface area contributed by atoms with Crippen molar-refractivity contribution >= 4 is 5.97 Å². The molecular formula is C19H39NO3. The van der Waals surface area contributed by atoms with E-state index in [1.807, 2.05) is 0 Å². The van der Waals surface area contributed by atoms with E-state index in [4.69, 9.17) is 9.94 Å². The molecule has 0 amide bonds. The van der Waals surface area contributed by atoms with Crippen molar-refractivity contribution in [2.75, 3.05) is 13.2 Å². The van der Waals surface area contributed by atoms with Crippen LogP contribution in [0, 0.1) is 5.92 Å². The molecule has 0 rings (SSSR count). The van der Waals surface area contributed by atoms with Gasteiger partial charge in [-0.2, -0.15) is 5.48 Å². The zero-order valence-electron chi connectivity index (χ0n) is 15.4. The van der Waals surface area contributed by atoms with Crippen molar-refractivity contribution in [1.29, 1.82) is 0 Å². The molecule has 0 aromatic heterocycles. The number of aliphatic hydroxyl groups excluding tert-OH is 1. The minimum absolute atomic E-state index is 0.00805. The molecule has 0 bridgehead atoms. The van der Waals surface area contributed by atoms with E-state index >= 15 is 0 Å². The first-order valence-corrected chi connectivity index (χ1v) is 9.80. The van der Waals surface area contributed by atoms with Gasteiger partial charge in [0.25, 0.3) is 0 Å². The van der Waals surface area contributed by atoms with Crippen molar-refractivity contribution in [1.82, 2.24) is 5.48 Å². The summed E-state index contributed by atoms with van der Waals surface area (Å²) in [6.45, 7) is 4.71. The molecule has 1 atom stereocenters. The molecule has 138 valence electrons. The Labute approximate surface area is 143 Å². The number of hydroxylamine groups is 1. The van der Waals surface area contributed by atoms with Crippen molar-refractivity contribution in [3.63, 3.8) is 0 Å². The molecule has 23 heavy (non-hydrogen) atoms. The van der Waals surface area contributed by atoms with Crippen molar-refractivity contribution in [2.24, 2.45) is 5.92 Å². The summed E-state index contributed by atoms with van der Waals surface area (Å²) in [5.41, 5.74) is 2.54. The summed E-state index contributed by atoms with van der Waals surface area (Å²) in [7, 11) is 0. The minimum Gasteiger partial charge on any atom is -0.395 e. The maximum absolute atomic E-state index is 12.1. The number of rotatable bonds is 17. The fourth-order valence-electron chi connectivity index (χ4n) is 2.80. The van der Waals surface area contributed by atoms with Gasteiger partial charge in [-0.25, -0.2) is 0 Å². The topological polar surface area (TPSA) is 58.6 Å². The van der Waals surface area contributed by atoms with Gasteiger partial charge in [0.15, 0.2) is 0 Å². The summed E-state index contributed by atoms with van der Waals surface area (Å²) < 4.78 is 0. The van der Waals surface area contributed by atoms with Crippen molar-refractivity contribution in [3.8, 4) is 0 Å². The highest BCUT2D eigenvalue weighted by atomic mass is 16.7. The highest BCUT2D eigenvalue weighted by Crippen LogP contribution is 2.20. The third-order valence-electron chi connectivity index (χ3n) is 4.28. The second-order valence-electron chi connectivity index (χ2n) is 6.50. The number of nitrogens with one attached hydrogen (secondary N) is 1. The Morgan fingerprint density at radius 3 is 1.87 bits per heavy atom. The Morgan fingerprint density at radius 1 is 0.870 bits per heavy atom. The lowest BCUT2D eigenvalue weighted by molar-refractivity contribution is -0.157. The predicted molar refractivity (Wildman–Crippen MR) is 96.0 cm³/mol. The number of aliphatic hydroxyl groups is 1. The van der Waals surface area contributed by atoms with Gasteiger partial charge >= 0.3 is 5.97 Å². The van der Waals surface area contributed by atoms with Gasteiger partial charge in [-0.3, -0.25) is 4.79 Å². The summed E-state index contributed by atoms with van der Waals surface area (Å²) in [6, 6.07) is 0.